The van der Waals surface area contributed by atoms with Crippen LogP contribution in [0.2, 0.25) is 5.02 Å². The number of amides is 1. The van der Waals surface area contributed by atoms with Crippen LogP contribution in [0.25, 0.3) is 0 Å². The van der Waals surface area contributed by atoms with Crippen LogP contribution in [0.5, 0.6) is 0 Å². The van der Waals surface area contributed by atoms with Gasteiger partial charge >= 0.3 is 170 Å². The molecular formula is C19H13ClInN5O. The van der Waals surface area contributed by atoms with Crippen molar-refractivity contribution in [3.63, 3.8) is 0 Å². The molecule has 6 nitrogen and oxygen atoms in total. The number of anilines is 3. The first-order valence-corrected chi connectivity index (χ1v) is 13.4. The average Bonchev–Trinajstić information content (AvgIpc) is 3.21. The molecule has 1 amide bonds. The van der Waals surface area contributed by atoms with Crippen LogP contribution in [0, 0.1) is 0 Å². The molecule has 2 N–H and O–H groups in total. The van der Waals surface area contributed by atoms with Crippen LogP contribution in [0.4, 0.5) is 17.2 Å². The van der Waals surface area contributed by atoms with Gasteiger partial charge in [0, 0.05) is 0 Å². The Hall–Kier alpha value is -2.51. The second-order valence-corrected chi connectivity index (χ2v) is 13.0. The van der Waals surface area contributed by atoms with Crippen molar-refractivity contribution in [1.29, 1.82) is 0 Å². The summed E-state index contributed by atoms with van der Waals surface area (Å²) in [6, 6.07) is 16.9. The number of rotatable bonds is 4. The summed E-state index contributed by atoms with van der Waals surface area (Å²) >= 11 is 3.43. The van der Waals surface area contributed by atoms with Gasteiger partial charge in [-0.2, -0.15) is 0 Å². The normalized spacial score (nSPS) is 13.2. The third kappa shape index (κ3) is 2.96. The van der Waals surface area contributed by atoms with Gasteiger partial charge in [0.05, 0.1) is 0 Å². The van der Waals surface area contributed by atoms with E-state index in [2.05, 4.69) is 36.9 Å². The number of hydrogen-bond acceptors (Lipinski definition) is 5. The summed E-state index contributed by atoms with van der Waals surface area (Å²) in [6.45, 7) is 0. The van der Waals surface area contributed by atoms with Crippen LogP contribution < -0.4 is 17.1 Å². The summed E-state index contributed by atoms with van der Waals surface area (Å²) in [6.07, 6.45) is 3.63. The molecule has 27 heavy (non-hydrogen) atoms. The fourth-order valence-corrected chi connectivity index (χ4v) is 10.1. The van der Waals surface area contributed by atoms with E-state index in [9.17, 15) is 4.79 Å². The van der Waals surface area contributed by atoms with Gasteiger partial charge in [0.25, 0.3) is 0 Å². The van der Waals surface area contributed by atoms with Crippen molar-refractivity contribution in [3.05, 3.63) is 76.9 Å². The summed E-state index contributed by atoms with van der Waals surface area (Å²) in [7, 11) is 0. The van der Waals surface area contributed by atoms with Crippen LogP contribution in [-0.2, 0) is 0 Å². The molecule has 0 atom stereocenters. The standard InChI is InChI=1S/C19H14ClN5O.In/c20-14-5-9-15(10-6-14)23-19(26)17-2-1-11-22-18(17)25-24-16-7-3-13(12-21)4-8-16;/h1-3,5-12H,(H3-,21,22,23,24,25,26);/q-1;+2/p-1. The number of hydrogen-bond donors (Lipinski definition) is 2. The first-order valence-electron chi connectivity index (χ1n) is 8.44. The first-order chi connectivity index (χ1) is 13.2. The predicted octanol–water partition coefficient (Wildman–Crippen LogP) is 2.96. The fraction of sp³-hybridized carbons (Fsp3) is 0. The van der Waals surface area contributed by atoms with E-state index in [0.717, 1.165) is 5.69 Å². The third-order valence-electron chi connectivity index (χ3n) is 4.61. The Labute approximate surface area is 169 Å². The molecule has 0 fully saturated rings. The van der Waals surface area contributed by atoms with Gasteiger partial charge in [-0.1, -0.05) is 0 Å². The van der Waals surface area contributed by atoms with Gasteiger partial charge in [-0.25, -0.2) is 0 Å². The average molecular weight is 478 g/mol. The van der Waals surface area contributed by atoms with Crippen molar-refractivity contribution in [2.45, 2.75) is 0 Å². The molecular weight excluding hydrogens is 465 g/mol. The molecule has 130 valence electrons. The van der Waals surface area contributed by atoms with Gasteiger partial charge in [0.15, 0.2) is 0 Å². The molecule has 0 spiro atoms. The van der Waals surface area contributed by atoms with E-state index < -0.39 is 22.0 Å². The Morgan fingerprint density at radius 2 is 1.96 bits per heavy atom. The maximum atomic E-state index is 12.8. The number of carbonyl (C=O) groups excluding carboxylic acids is 1. The summed E-state index contributed by atoms with van der Waals surface area (Å²) in [4.78, 5) is 17.2. The van der Waals surface area contributed by atoms with E-state index in [1.807, 2.05) is 6.21 Å². The maximum absolute atomic E-state index is 12.8. The molecule has 8 heteroatoms. The van der Waals surface area contributed by atoms with Crippen molar-refractivity contribution in [3.8, 4) is 0 Å². The Morgan fingerprint density at radius 1 is 1.11 bits per heavy atom. The zero-order chi connectivity index (χ0) is 18.4. The van der Waals surface area contributed by atoms with Gasteiger partial charge in [-0.05, 0) is 0 Å². The number of benzene rings is 2. The summed E-state index contributed by atoms with van der Waals surface area (Å²) in [5.74, 6) is 0.288. The van der Waals surface area contributed by atoms with E-state index in [4.69, 9.17) is 14.6 Å². The van der Waals surface area contributed by atoms with Crippen molar-refractivity contribution < 1.29 is 4.79 Å². The molecule has 0 saturated carbocycles. The number of nitrogens with one attached hydrogen (secondary N) is 2. The number of hydrazine groups is 1. The number of aromatic nitrogens is 1. The Balaban J connectivity index is 1.41. The zero-order valence-electron chi connectivity index (χ0n) is 14.1. The molecule has 1 aromatic heterocycles. The number of fused-ring (bicyclic) bond motifs is 1. The van der Waals surface area contributed by atoms with Crippen molar-refractivity contribution in [2.24, 2.45) is 2.98 Å². The zero-order valence-corrected chi connectivity index (χ0v) is 18.1. The molecule has 2 aliphatic heterocycles. The van der Waals surface area contributed by atoms with Crippen molar-refractivity contribution in [2.75, 3.05) is 13.7 Å². The molecule has 0 unspecified atom stereocenters. The monoisotopic (exact) mass is 477 g/mol. The van der Waals surface area contributed by atoms with Crippen molar-refractivity contribution in [1.82, 2.24) is 4.98 Å². The molecule has 0 radical (unpaired) electrons. The fourth-order valence-electron chi connectivity index (χ4n) is 3.28. The molecule has 3 heterocycles. The predicted molar refractivity (Wildman–Crippen MR) is 109 cm³/mol. The Bertz CT molecular complexity index is 1090. The Morgan fingerprint density at radius 3 is 2.81 bits per heavy atom. The molecule has 2 bridgehead atoms. The van der Waals surface area contributed by atoms with Gasteiger partial charge < -0.3 is 0 Å². The number of halogens is 1. The van der Waals surface area contributed by atoms with Crippen LogP contribution in [0.1, 0.15) is 15.9 Å². The van der Waals surface area contributed by atoms with E-state index in [0.29, 0.717) is 22.1 Å². The van der Waals surface area contributed by atoms with E-state index >= 15 is 0 Å². The molecule has 2 aliphatic rings. The molecule has 3 aromatic rings. The number of pyridine rings is 1. The van der Waals surface area contributed by atoms with E-state index in [-0.39, 0.29) is 5.91 Å². The van der Waals surface area contributed by atoms with Crippen LogP contribution >= 0.6 is 11.6 Å². The van der Waals surface area contributed by atoms with Gasteiger partial charge in [0.2, 0.25) is 0 Å². The minimum absolute atomic E-state index is 0.232. The summed E-state index contributed by atoms with van der Waals surface area (Å²) < 4.78 is 8.23. The second-order valence-electron chi connectivity index (χ2n) is 6.31. The quantitative estimate of drug-likeness (QED) is 0.606. The van der Waals surface area contributed by atoms with Gasteiger partial charge in [-0.3, -0.25) is 0 Å². The van der Waals surface area contributed by atoms with Crippen molar-refractivity contribution >= 4 is 66.2 Å². The van der Waals surface area contributed by atoms with Crippen LogP contribution in [-0.4, -0.2) is 39.1 Å². The topological polar surface area (TPSA) is 69.6 Å². The molecule has 5 rings (SSSR count). The SMILES string of the molecule is O=C(Nc1ccc(Cl)cc1)c1cccnc1N[N]1c2ccc3[c](c2)[In]1[N]=C3. The number of nitrogens with zero attached hydrogens (tertiary/aromatic N) is 3. The summed E-state index contributed by atoms with van der Waals surface area (Å²) in [5, 5.41) is 3.51. The molecule has 0 saturated heterocycles. The minimum atomic E-state index is -2.47. The third-order valence-corrected chi connectivity index (χ3v) is 11.7. The van der Waals surface area contributed by atoms with Gasteiger partial charge in [-0.15, -0.1) is 0 Å². The second kappa shape index (κ2) is 6.58. The van der Waals surface area contributed by atoms with Crippen LogP contribution in [0.3, 0.4) is 0 Å². The molecule has 0 aliphatic carbocycles. The van der Waals surface area contributed by atoms with E-state index in [1.165, 1.54) is 8.88 Å². The first kappa shape index (κ1) is 16.6. The van der Waals surface area contributed by atoms with Crippen LogP contribution in [0.15, 0.2) is 63.8 Å². The van der Waals surface area contributed by atoms with Gasteiger partial charge in [0.1, 0.15) is 0 Å². The Kier molecular flexibility index (Phi) is 4.06. The number of carbonyl (C=O) groups is 1. The molecule has 2 aromatic carbocycles. The summed E-state index contributed by atoms with van der Waals surface area (Å²) in [5.41, 5.74) is 6.80. The van der Waals surface area contributed by atoms with E-state index in [1.54, 1.807) is 42.6 Å².